The van der Waals surface area contributed by atoms with E-state index in [1.54, 1.807) is 12.2 Å². The summed E-state index contributed by atoms with van der Waals surface area (Å²) in [7, 11) is 0. The van der Waals surface area contributed by atoms with Crippen molar-refractivity contribution in [3.05, 3.63) is 66.9 Å². The van der Waals surface area contributed by atoms with Gasteiger partial charge in [0.1, 0.15) is 0 Å². The maximum absolute atomic E-state index is 9.87. The van der Waals surface area contributed by atoms with E-state index in [2.05, 4.69) is 6.58 Å². The first-order valence-electron chi connectivity index (χ1n) is 5.79. The molecule has 0 aromatic heterocycles. The molecule has 2 nitrogen and oxygen atoms in total. The van der Waals surface area contributed by atoms with Crippen LogP contribution in [0.15, 0.2) is 66.9 Å². The molecule has 0 heterocycles. The van der Waals surface area contributed by atoms with Crippen LogP contribution < -0.4 is 5.06 Å². The highest BCUT2D eigenvalue weighted by Gasteiger charge is 2.03. The van der Waals surface area contributed by atoms with E-state index in [1.807, 2.05) is 63.3 Å². The monoisotopic (exact) mass is 231 g/mol. The van der Waals surface area contributed by atoms with Crippen LogP contribution in [0.2, 0.25) is 0 Å². The fraction of sp³-hybridized carbons (Fsp3) is 0.200. The third kappa shape index (κ3) is 5.18. The molecule has 0 aliphatic carbocycles. The second-order valence-corrected chi connectivity index (χ2v) is 2.97. The number of hydroxylamine groups is 1. The molecular weight excluding hydrogens is 210 g/mol. The minimum absolute atomic E-state index is 0.638. The van der Waals surface area contributed by atoms with Gasteiger partial charge in [-0.2, -0.15) is 0 Å². The molecule has 0 atom stereocenters. The van der Waals surface area contributed by atoms with Gasteiger partial charge >= 0.3 is 0 Å². The molecule has 1 aromatic rings. The second kappa shape index (κ2) is 9.43. The third-order valence-corrected chi connectivity index (χ3v) is 1.91. The summed E-state index contributed by atoms with van der Waals surface area (Å²) in [6.07, 6.45) is 7.14. The molecule has 0 bridgehead atoms. The predicted octanol–water partition coefficient (Wildman–Crippen LogP) is 4.55. The van der Waals surface area contributed by atoms with Crippen LogP contribution in [0.25, 0.3) is 0 Å². The van der Waals surface area contributed by atoms with E-state index in [0.717, 1.165) is 5.06 Å². The van der Waals surface area contributed by atoms with Crippen molar-refractivity contribution in [2.24, 2.45) is 0 Å². The Morgan fingerprint density at radius 1 is 1.24 bits per heavy atom. The van der Waals surface area contributed by atoms with Crippen LogP contribution >= 0.6 is 0 Å². The van der Waals surface area contributed by atoms with Crippen molar-refractivity contribution < 1.29 is 5.21 Å². The molecule has 0 amide bonds. The molecule has 0 unspecified atom stereocenters. The molecule has 1 N–H and O–H groups in total. The maximum atomic E-state index is 9.87. The molecule has 0 saturated heterocycles. The maximum Gasteiger partial charge on any atom is 0.0693 e. The van der Waals surface area contributed by atoms with Crippen LogP contribution in [0.4, 0.5) is 5.69 Å². The summed E-state index contributed by atoms with van der Waals surface area (Å²) in [5, 5.41) is 11.0. The standard InChI is InChI=1S/C13H15NO.C2H6/c1-3-5-9-12(4-2)14(15)13-10-7-6-8-11-13;1-2/h3-11,15H,2H2,1H3;1-2H3/b5-3-,12-9+;. The zero-order chi connectivity index (χ0) is 13.1. The number of rotatable bonds is 4. The van der Waals surface area contributed by atoms with E-state index in [4.69, 9.17) is 0 Å². The summed E-state index contributed by atoms with van der Waals surface area (Å²) in [5.74, 6) is 0. The van der Waals surface area contributed by atoms with Gasteiger partial charge in [-0.1, -0.05) is 50.8 Å². The summed E-state index contributed by atoms with van der Waals surface area (Å²) in [5.41, 5.74) is 1.35. The fourth-order valence-corrected chi connectivity index (χ4v) is 1.14. The molecule has 92 valence electrons. The first kappa shape index (κ1) is 15.2. The smallest absolute Gasteiger partial charge is 0.0693 e. The zero-order valence-electron chi connectivity index (χ0n) is 10.8. The molecule has 0 aliphatic rings. The molecule has 1 rings (SSSR count). The molecule has 0 saturated carbocycles. The number of benzene rings is 1. The lowest BCUT2D eigenvalue weighted by atomic mass is 10.3. The normalized spacial score (nSPS) is 10.7. The highest BCUT2D eigenvalue weighted by Crippen LogP contribution is 2.16. The van der Waals surface area contributed by atoms with Gasteiger partial charge in [-0.3, -0.25) is 5.21 Å². The molecule has 2 heteroatoms. The second-order valence-electron chi connectivity index (χ2n) is 2.97. The van der Waals surface area contributed by atoms with Crippen molar-refractivity contribution in [2.45, 2.75) is 20.8 Å². The van der Waals surface area contributed by atoms with Crippen molar-refractivity contribution in [2.75, 3.05) is 5.06 Å². The van der Waals surface area contributed by atoms with Crippen LogP contribution in [0.1, 0.15) is 20.8 Å². The topological polar surface area (TPSA) is 23.5 Å². The molecule has 1 aromatic carbocycles. The number of hydrogen-bond acceptors (Lipinski definition) is 2. The average molecular weight is 231 g/mol. The Bertz CT molecular complexity index is 366. The Hall–Kier alpha value is -1.80. The third-order valence-electron chi connectivity index (χ3n) is 1.91. The molecule has 0 spiro atoms. The van der Waals surface area contributed by atoms with Crippen LogP contribution in [-0.4, -0.2) is 5.21 Å². The van der Waals surface area contributed by atoms with E-state index >= 15 is 0 Å². The Labute approximate surface area is 104 Å². The molecule has 0 fully saturated rings. The molecule has 0 radical (unpaired) electrons. The van der Waals surface area contributed by atoms with Gasteiger partial charge < -0.3 is 0 Å². The van der Waals surface area contributed by atoms with Gasteiger partial charge in [-0.15, -0.1) is 0 Å². The fourth-order valence-electron chi connectivity index (χ4n) is 1.14. The number of nitrogens with zero attached hydrogens (tertiary/aromatic N) is 1. The lowest BCUT2D eigenvalue weighted by Gasteiger charge is -2.17. The van der Waals surface area contributed by atoms with Gasteiger partial charge in [0.2, 0.25) is 0 Å². The van der Waals surface area contributed by atoms with E-state index in [0.29, 0.717) is 11.4 Å². The van der Waals surface area contributed by atoms with Crippen molar-refractivity contribution in [1.29, 1.82) is 0 Å². The SMILES string of the molecule is C=C/C(=C\C=C/C)N(O)c1ccccc1.CC. The minimum Gasteiger partial charge on any atom is -0.284 e. The first-order chi connectivity index (χ1) is 8.29. The van der Waals surface area contributed by atoms with Crippen LogP contribution in [-0.2, 0) is 0 Å². The first-order valence-corrected chi connectivity index (χ1v) is 5.79. The van der Waals surface area contributed by atoms with E-state index in [1.165, 1.54) is 0 Å². The van der Waals surface area contributed by atoms with E-state index in [9.17, 15) is 5.21 Å². The van der Waals surface area contributed by atoms with Crippen LogP contribution in [0, 0.1) is 0 Å². The number of hydrogen-bond donors (Lipinski definition) is 1. The van der Waals surface area contributed by atoms with E-state index in [-0.39, 0.29) is 0 Å². The van der Waals surface area contributed by atoms with Crippen molar-refractivity contribution >= 4 is 5.69 Å². The van der Waals surface area contributed by atoms with Crippen LogP contribution in [0.3, 0.4) is 0 Å². The Balaban J connectivity index is 0.00000121. The van der Waals surface area contributed by atoms with Crippen molar-refractivity contribution in [3.63, 3.8) is 0 Å². The quantitative estimate of drug-likeness (QED) is 0.606. The highest BCUT2D eigenvalue weighted by molar-refractivity contribution is 5.51. The molecular formula is C15H21NO. The lowest BCUT2D eigenvalue weighted by Crippen LogP contribution is -2.15. The van der Waals surface area contributed by atoms with Crippen LogP contribution in [0.5, 0.6) is 0 Å². The van der Waals surface area contributed by atoms with Gasteiger partial charge in [0, 0.05) is 0 Å². The highest BCUT2D eigenvalue weighted by atomic mass is 16.5. The summed E-state index contributed by atoms with van der Waals surface area (Å²) < 4.78 is 0. The van der Waals surface area contributed by atoms with Gasteiger partial charge in [0.05, 0.1) is 11.4 Å². The zero-order valence-corrected chi connectivity index (χ0v) is 10.8. The Morgan fingerprint density at radius 2 is 1.82 bits per heavy atom. The van der Waals surface area contributed by atoms with Gasteiger partial charge in [-0.25, -0.2) is 5.06 Å². The van der Waals surface area contributed by atoms with Crippen molar-refractivity contribution in [1.82, 2.24) is 0 Å². The molecule has 0 aliphatic heterocycles. The van der Waals surface area contributed by atoms with E-state index < -0.39 is 0 Å². The van der Waals surface area contributed by atoms with Gasteiger partial charge in [-0.05, 0) is 31.2 Å². The summed E-state index contributed by atoms with van der Waals surface area (Å²) in [6.45, 7) is 9.57. The Kier molecular flexibility index (Phi) is 8.43. The number of allylic oxidation sites excluding steroid dienone is 4. The predicted molar refractivity (Wildman–Crippen MR) is 75.1 cm³/mol. The van der Waals surface area contributed by atoms with Crippen molar-refractivity contribution in [3.8, 4) is 0 Å². The van der Waals surface area contributed by atoms with Gasteiger partial charge in [0.25, 0.3) is 0 Å². The summed E-state index contributed by atoms with van der Waals surface area (Å²) in [6, 6.07) is 9.30. The summed E-state index contributed by atoms with van der Waals surface area (Å²) >= 11 is 0. The Morgan fingerprint density at radius 3 is 2.29 bits per heavy atom. The minimum atomic E-state index is 0.638. The lowest BCUT2D eigenvalue weighted by molar-refractivity contribution is 0.287. The average Bonchev–Trinajstić information content (AvgIpc) is 2.42. The van der Waals surface area contributed by atoms with Gasteiger partial charge in [0.15, 0.2) is 0 Å². The summed E-state index contributed by atoms with van der Waals surface area (Å²) in [4.78, 5) is 0. The number of para-hydroxylation sites is 1. The molecule has 17 heavy (non-hydrogen) atoms. The number of anilines is 1. The largest absolute Gasteiger partial charge is 0.284 e.